The first-order chi connectivity index (χ1) is 20.8. The zero-order valence-corrected chi connectivity index (χ0v) is 22.2. The quantitative estimate of drug-likeness (QED) is 0.222. The topological polar surface area (TPSA) is 77.8 Å². The molecule has 0 fully saturated rings. The molecular weight excluding hydrogens is 520 g/mol. The first-order valence-electron chi connectivity index (χ1n) is 13.7. The van der Waals surface area contributed by atoms with E-state index >= 15 is 0 Å². The minimum atomic E-state index is 0.590. The average Bonchev–Trinajstić information content (AvgIpc) is 3.63. The summed E-state index contributed by atoms with van der Waals surface area (Å²) in [5.41, 5.74) is 6.02. The summed E-state index contributed by atoms with van der Waals surface area (Å²) in [5.74, 6) is 1.80. The van der Waals surface area contributed by atoms with E-state index in [1.807, 2.05) is 72.9 Å². The molecule has 9 aromatic rings. The van der Waals surface area contributed by atoms with E-state index in [-0.39, 0.29) is 0 Å². The van der Waals surface area contributed by atoms with E-state index in [9.17, 15) is 0 Å². The summed E-state index contributed by atoms with van der Waals surface area (Å²) in [4.78, 5) is 19.2. The highest BCUT2D eigenvalue weighted by Gasteiger charge is 2.16. The van der Waals surface area contributed by atoms with Gasteiger partial charge >= 0.3 is 0 Å². The van der Waals surface area contributed by atoms with Crippen LogP contribution in [0.25, 0.3) is 88.8 Å². The Morgan fingerprint density at radius 2 is 1.10 bits per heavy atom. The van der Waals surface area contributed by atoms with Gasteiger partial charge in [-0.25, -0.2) is 15.0 Å². The second kappa shape index (κ2) is 8.81. The molecule has 4 aromatic heterocycles. The molecule has 4 heterocycles. The molecule has 0 spiro atoms. The Morgan fingerprint density at radius 3 is 1.95 bits per heavy atom. The lowest BCUT2D eigenvalue weighted by molar-refractivity contribution is 0.669. The number of aromatic nitrogens is 4. The van der Waals surface area contributed by atoms with Gasteiger partial charge in [0, 0.05) is 56.0 Å². The van der Waals surface area contributed by atoms with Crippen LogP contribution in [0.3, 0.4) is 0 Å². The number of benzene rings is 5. The minimum Gasteiger partial charge on any atom is -0.456 e. The molecule has 0 aliphatic heterocycles. The summed E-state index contributed by atoms with van der Waals surface area (Å²) in [6.45, 7) is 0. The molecule has 0 unspecified atom stereocenters. The highest BCUT2D eigenvalue weighted by atomic mass is 16.3. The molecule has 5 aromatic carbocycles. The van der Waals surface area contributed by atoms with E-state index in [0.717, 1.165) is 71.3 Å². The molecule has 42 heavy (non-hydrogen) atoms. The van der Waals surface area contributed by atoms with Crippen LogP contribution in [0, 0.1) is 0 Å². The van der Waals surface area contributed by atoms with Gasteiger partial charge in [0.1, 0.15) is 22.3 Å². The Bertz CT molecular complexity index is 2480. The number of pyridine rings is 1. The Labute approximate surface area is 238 Å². The molecule has 0 aliphatic rings. The zero-order chi connectivity index (χ0) is 27.6. The third-order valence-corrected chi connectivity index (χ3v) is 7.82. The number of fused-ring (bicyclic) bond motifs is 8. The molecule has 0 N–H and O–H groups in total. The van der Waals surface area contributed by atoms with Gasteiger partial charge in [0.15, 0.2) is 17.5 Å². The summed E-state index contributed by atoms with van der Waals surface area (Å²) in [7, 11) is 0. The van der Waals surface area contributed by atoms with Crippen molar-refractivity contribution in [3.63, 3.8) is 0 Å². The van der Waals surface area contributed by atoms with Gasteiger partial charge < -0.3 is 8.83 Å². The van der Waals surface area contributed by atoms with Crippen LogP contribution in [0.1, 0.15) is 0 Å². The van der Waals surface area contributed by atoms with Crippen molar-refractivity contribution in [2.24, 2.45) is 0 Å². The van der Waals surface area contributed by atoms with Gasteiger partial charge in [-0.15, -0.1) is 0 Å². The predicted molar refractivity (Wildman–Crippen MR) is 166 cm³/mol. The monoisotopic (exact) mass is 540 g/mol. The maximum atomic E-state index is 6.31. The Kier molecular flexibility index (Phi) is 4.80. The van der Waals surface area contributed by atoms with E-state index in [4.69, 9.17) is 23.8 Å². The van der Waals surface area contributed by atoms with Crippen molar-refractivity contribution >= 4 is 54.6 Å². The lowest BCUT2D eigenvalue weighted by atomic mass is 10.0. The van der Waals surface area contributed by atoms with E-state index in [0.29, 0.717) is 17.5 Å². The molecule has 6 nitrogen and oxygen atoms in total. The zero-order valence-electron chi connectivity index (χ0n) is 22.2. The molecule has 0 bridgehead atoms. The van der Waals surface area contributed by atoms with Gasteiger partial charge in [0.25, 0.3) is 0 Å². The van der Waals surface area contributed by atoms with Gasteiger partial charge in [-0.3, -0.25) is 4.98 Å². The minimum absolute atomic E-state index is 0.590. The Hall–Kier alpha value is -5.88. The van der Waals surface area contributed by atoms with Gasteiger partial charge in [-0.1, -0.05) is 66.7 Å². The highest BCUT2D eigenvalue weighted by Crippen LogP contribution is 2.36. The number of hydrogen-bond acceptors (Lipinski definition) is 6. The van der Waals surface area contributed by atoms with Crippen molar-refractivity contribution in [1.29, 1.82) is 0 Å². The Balaban J connectivity index is 1.27. The normalized spacial score (nSPS) is 11.8. The van der Waals surface area contributed by atoms with Crippen LogP contribution in [0.4, 0.5) is 0 Å². The van der Waals surface area contributed by atoms with E-state index < -0.39 is 0 Å². The fourth-order valence-electron chi connectivity index (χ4n) is 5.75. The fraction of sp³-hybridized carbons (Fsp3) is 0. The van der Waals surface area contributed by atoms with Crippen molar-refractivity contribution < 1.29 is 8.83 Å². The summed E-state index contributed by atoms with van der Waals surface area (Å²) in [5, 5.41) is 6.19. The maximum Gasteiger partial charge on any atom is 0.164 e. The van der Waals surface area contributed by atoms with Crippen LogP contribution in [-0.2, 0) is 0 Å². The SMILES string of the molecule is c1ccc(-c2nc(-c3ccc4oc5ccccc5c4c3)nc(-c3ccc4ccc5c6cnccc6oc5c4c3)n2)cc1. The Morgan fingerprint density at radius 1 is 0.429 bits per heavy atom. The summed E-state index contributed by atoms with van der Waals surface area (Å²) < 4.78 is 12.4. The lowest BCUT2D eigenvalue weighted by Gasteiger charge is -2.09. The van der Waals surface area contributed by atoms with Gasteiger partial charge in [0.2, 0.25) is 0 Å². The van der Waals surface area contributed by atoms with Crippen LogP contribution < -0.4 is 0 Å². The van der Waals surface area contributed by atoms with Crippen molar-refractivity contribution in [1.82, 2.24) is 19.9 Å². The third kappa shape index (κ3) is 3.52. The van der Waals surface area contributed by atoms with E-state index in [1.54, 1.807) is 6.20 Å². The van der Waals surface area contributed by atoms with Gasteiger partial charge in [-0.05, 0) is 47.9 Å². The second-order valence-corrected chi connectivity index (χ2v) is 10.3. The largest absolute Gasteiger partial charge is 0.456 e. The predicted octanol–water partition coefficient (Wildman–Crippen LogP) is 9.22. The standard InChI is InChI=1S/C36H20N4O2/c1-2-6-22(7-3-1)34-38-35(40-36(39-34)24-13-15-31-28(19-24)25-8-4-5-9-30(25)41-31)23-11-10-21-12-14-26-29-20-37-17-16-32(29)42-33(26)27(21)18-23/h1-20H. The number of rotatable bonds is 3. The number of furan rings is 2. The summed E-state index contributed by atoms with van der Waals surface area (Å²) >= 11 is 0. The molecule has 0 saturated carbocycles. The van der Waals surface area contributed by atoms with Crippen LogP contribution in [0.5, 0.6) is 0 Å². The van der Waals surface area contributed by atoms with Crippen LogP contribution in [0.15, 0.2) is 130 Å². The average molecular weight is 541 g/mol. The first kappa shape index (κ1) is 22.9. The molecule has 0 aliphatic carbocycles. The van der Waals surface area contributed by atoms with Crippen molar-refractivity contribution in [2.45, 2.75) is 0 Å². The highest BCUT2D eigenvalue weighted by molar-refractivity contribution is 6.15. The number of para-hydroxylation sites is 1. The summed E-state index contributed by atoms with van der Waals surface area (Å²) in [6.07, 6.45) is 3.60. The molecule has 0 atom stereocenters. The van der Waals surface area contributed by atoms with Crippen molar-refractivity contribution in [2.75, 3.05) is 0 Å². The molecule has 9 rings (SSSR count). The molecule has 0 saturated heterocycles. The smallest absolute Gasteiger partial charge is 0.164 e. The molecule has 0 amide bonds. The van der Waals surface area contributed by atoms with Crippen LogP contribution >= 0.6 is 0 Å². The van der Waals surface area contributed by atoms with Gasteiger partial charge in [0.05, 0.1) is 0 Å². The van der Waals surface area contributed by atoms with Crippen molar-refractivity contribution in [3.8, 4) is 34.2 Å². The van der Waals surface area contributed by atoms with E-state index in [2.05, 4.69) is 47.4 Å². The lowest BCUT2D eigenvalue weighted by Crippen LogP contribution is -2.00. The number of hydrogen-bond donors (Lipinski definition) is 0. The van der Waals surface area contributed by atoms with Crippen molar-refractivity contribution in [3.05, 3.63) is 122 Å². The fourth-order valence-corrected chi connectivity index (χ4v) is 5.75. The molecular formula is C36H20N4O2. The summed E-state index contributed by atoms with van der Waals surface area (Å²) in [6, 6.07) is 36.5. The molecule has 6 heteroatoms. The maximum absolute atomic E-state index is 6.31. The first-order valence-corrected chi connectivity index (χ1v) is 13.7. The van der Waals surface area contributed by atoms with Crippen LogP contribution in [0.2, 0.25) is 0 Å². The number of nitrogens with zero attached hydrogens (tertiary/aromatic N) is 4. The second-order valence-electron chi connectivity index (χ2n) is 10.3. The van der Waals surface area contributed by atoms with Crippen LogP contribution in [-0.4, -0.2) is 19.9 Å². The molecule has 196 valence electrons. The van der Waals surface area contributed by atoms with E-state index in [1.165, 1.54) is 0 Å². The molecule has 0 radical (unpaired) electrons. The van der Waals surface area contributed by atoms with Gasteiger partial charge in [-0.2, -0.15) is 0 Å². The third-order valence-electron chi connectivity index (χ3n) is 7.82.